The van der Waals surface area contributed by atoms with Gasteiger partial charge in [-0.2, -0.15) is 0 Å². The quantitative estimate of drug-likeness (QED) is 0.523. The third kappa shape index (κ3) is 3.34. The van der Waals surface area contributed by atoms with E-state index in [-0.39, 0.29) is 5.91 Å². The summed E-state index contributed by atoms with van der Waals surface area (Å²) in [6.07, 6.45) is 0. The van der Waals surface area contributed by atoms with Crippen LogP contribution >= 0.6 is 0 Å². The highest BCUT2D eigenvalue weighted by molar-refractivity contribution is 6.06. The number of ether oxygens (including phenoxy) is 1. The summed E-state index contributed by atoms with van der Waals surface area (Å²) in [5.74, 6) is 0.870. The van der Waals surface area contributed by atoms with E-state index in [1.54, 1.807) is 13.2 Å². The number of benzene rings is 3. The predicted octanol–water partition coefficient (Wildman–Crippen LogP) is 5.37. The molecule has 1 N–H and O–H groups in total. The zero-order valence-electron chi connectivity index (χ0n) is 15.9. The molecule has 5 nitrogen and oxygen atoms in total. The van der Waals surface area contributed by atoms with Crippen LogP contribution in [-0.4, -0.2) is 18.0 Å². The lowest BCUT2D eigenvalue weighted by atomic mass is 10.0. The summed E-state index contributed by atoms with van der Waals surface area (Å²) in [6.45, 7) is 3.93. The Bertz CT molecular complexity index is 1140. The van der Waals surface area contributed by atoms with E-state index in [4.69, 9.17) is 9.15 Å². The average Bonchev–Trinajstić information content (AvgIpc) is 3.12. The summed E-state index contributed by atoms with van der Waals surface area (Å²) in [5, 5.41) is 2.95. The number of hydrogen-bond acceptors (Lipinski definition) is 4. The molecule has 1 amide bonds. The maximum Gasteiger partial charge on any atom is 0.256 e. The lowest BCUT2D eigenvalue weighted by molar-refractivity contribution is 0.102. The van der Waals surface area contributed by atoms with Gasteiger partial charge in [0, 0.05) is 11.1 Å². The molecule has 0 fully saturated rings. The molecule has 0 saturated carbocycles. The van der Waals surface area contributed by atoms with Crippen molar-refractivity contribution in [2.75, 3.05) is 12.4 Å². The van der Waals surface area contributed by atoms with E-state index in [1.165, 1.54) is 0 Å². The monoisotopic (exact) mass is 372 g/mol. The number of anilines is 1. The van der Waals surface area contributed by atoms with Crippen molar-refractivity contribution in [2.45, 2.75) is 13.8 Å². The van der Waals surface area contributed by atoms with Crippen molar-refractivity contribution in [2.24, 2.45) is 0 Å². The molecule has 0 bridgehead atoms. The Kier molecular flexibility index (Phi) is 4.57. The van der Waals surface area contributed by atoms with Crippen molar-refractivity contribution < 1.29 is 13.9 Å². The molecule has 4 aromatic rings. The van der Waals surface area contributed by atoms with Crippen LogP contribution in [0.3, 0.4) is 0 Å². The molecular weight excluding hydrogens is 352 g/mol. The molecule has 0 unspecified atom stereocenters. The Morgan fingerprint density at radius 1 is 1.04 bits per heavy atom. The fourth-order valence-corrected chi connectivity index (χ4v) is 3.19. The molecule has 0 atom stereocenters. The van der Waals surface area contributed by atoms with Crippen LogP contribution in [0.2, 0.25) is 0 Å². The van der Waals surface area contributed by atoms with Crippen molar-refractivity contribution in [1.82, 2.24) is 4.98 Å². The second-order valence-electron chi connectivity index (χ2n) is 6.67. The first kappa shape index (κ1) is 17.8. The third-order valence-electron chi connectivity index (χ3n) is 4.62. The molecule has 28 heavy (non-hydrogen) atoms. The van der Waals surface area contributed by atoms with Gasteiger partial charge in [0.25, 0.3) is 5.91 Å². The zero-order chi connectivity index (χ0) is 19.7. The Balaban J connectivity index is 1.69. The van der Waals surface area contributed by atoms with Crippen molar-refractivity contribution in [3.63, 3.8) is 0 Å². The van der Waals surface area contributed by atoms with Gasteiger partial charge in [-0.15, -0.1) is 0 Å². The molecular formula is C23H20N2O3. The van der Waals surface area contributed by atoms with E-state index in [2.05, 4.69) is 10.3 Å². The standard InChI is InChI=1S/C23H20N2O3/c1-14-8-10-17(15(2)12-14)22(26)24-19-13-16(9-11-20(19)27-3)23-25-18-6-4-5-7-21(18)28-23/h4-13H,1-3H3,(H,24,26). The predicted molar refractivity (Wildman–Crippen MR) is 110 cm³/mol. The number of carbonyl (C=O) groups is 1. The maximum atomic E-state index is 12.8. The van der Waals surface area contributed by atoms with Crippen LogP contribution in [0.15, 0.2) is 65.1 Å². The van der Waals surface area contributed by atoms with E-state index < -0.39 is 0 Å². The van der Waals surface area contributed by atoms with E-state index in [0.29, 0.717) is 28.5 Å². The molecule has 0 aliphatic carbocycles. The van der Waals surface area contributed by atoms with Gasteiger partial charge in [-0.05, 0) is 55.8 Å². The van der Waals surface area contributed by atoms with Gasteiger partial charge in [0.05, 0.1) is 12.8 Å². The van der Waals surface area contributed by atoms with Crippen LogP contribution < -0.4 is 10.1 Å². The number of aromatic nitrogens is 1. The van der Waals surface area contributed by atoms with E-state index >= 15 is 0 Å². The number of oxazole rings is 1. The summed E-state index contributed by atoms with van der Waals surface area (Å²) in [7, 11) is 1.57. The molecule has 4 rings (SSSR count). The minimum Gasteiger partial charge on any atom is -0.495 e. The van der Waals surface area contributed by atoms with Crippen molar-refractivity contribution in [3.05, 3.63) is 77.4 Å². The first-order valence-electron chi connectivity index (χ1n) is 8.98. The van der Waals surface area contributed by atoms with Gasteiger partial charge in [0.15, 0.2) is 5.58 Å². The number of carbonyl (C=O) groups excluding carboxylic acids is 1. The summed E-state index contributed by atoms with van der Waals surface area (Å²) in [5.41, 5.74) is 5.49. The van der Waals surface area contributed by atoms with E-state index in [1.807, 2.05) is 68.4 Å². The van der Waals surface area contributed by atoms with Gasteiger partial charge in [-0.1, -0.05) is 29.8 Å². The molecule has 0 radical (unpaired) electrons. The number of fused-ring (bicyclic) bond motifs is 1. The molecule has 0 aliphatic rings. The highest BCUT2D eigenvalue weighted by Gasteiger charge is 2.15. The molecule has 5 heteroatoms. The Morgan fingerprint density at radius 2 is 1.86 bits per heavy atom. The molecule has 0 aliphatic heterocycles. The number of amides is 1. The first-order chi connectivity index (χ1) is 13.5. The minimum absolute atomic E-state index is 0.189. The highest BCUT2D eigenvalue weighted by atomic mass is 16.5. The smallest absolute Gasteiger partial charge is 0.256 e. The molecule has 0 saturated heterocycles. The van der Waals surface area contributed by atoms with Crippen LogP contribution in [0.1, 0.15) is 21.5 Å². The summed E-state index contributed by atoms with van der Waals surface area (Å²) >= 11 is 0. The number of para-hydroxylation sites is 2. The summed E-state index contributed by atoms with van der Waals surface area (Å²) in [4.78, 5) is 17.3. The molecule has 3 aromatic carbocycles. The summed E-state index contributed by atoms with van der Waals surface area (Å²) in [6, 6.07) is 18.8. The van der Waals surface area contributed by atoms with Gasteiger partial charge in [0.2, 0.25) is 5.89 Å². The number of nitrogens with zero attached hydrogens (tertiary/aromatic N) is 1. The highest BCUT2D eigenvalue weighted by Crippen LogP contribution is 2.32. The van der Waals surface area contributed by atoms with Gasteiger partial charge in [0.1, 0.15) is 11.3 Å². The van der Waals surface area contributed by atoms with Crippen LogP contribution in [0.4, 0.5) is 5.69 Å². The van der Waals surface area contributed by atoms with Gasteiger partial charge in [-0.25, -0.2) is 4.98 Å². The second-order valence-corrected chi connectivity index (χ2v) is 6.67. The van der Waals surface area contributed by atoms with Crippen molar-refractivity contribution in [3.8, 4) is 17.2 Å². The Labute approximate surface area is 163 Å². The molecule has 140 valence electrons. The largest absolute Gasteiger partial charge is 0.495 e. The van der Waals surface area contributed by atoms with Gasteiger partial charge >= 0.3 is 0 Å². The second kappa shape index (κ2) is 7.19. The summed E-state index contributed by atoms with van der Waals surface area (Å²) < 4.78 is 11.3. The van der Waals surface area contributed by atoms with Crippen molar-refractivity contribution in [1.29, 1.82) is 0 Å². The van der Waals surface area contributed by atoms with Crippen LogP contribution in [0, 0.1) is 13.8 Å². The zero-order valence-corrected chi connectivity index (χ0v) is 15.9. The fourth-order valence-electron chi connectivity index (χ4n) is 3.19. The minimum atomic E-state index is -0.189. The third-order valence-corrected chi connectivity index (χ3v) is 4.62. The average molecular weight is 372 g/mol. The number of nitrogens with one attached hydrogen (secondary N) is 1. The topological polar surface area (TPSA) is 64.4 Å². The van der Waals surface area contributed by atoms with Crippen LogP contribution in [0.25, 0.3) is 22.6 Å². The lowest BCUT2D eigenvalue weighted by Gasteiger charge is -2.12. The Morgan fingerprint density at radius 3 is 2.61 bits per heavy atom. The maximum absolute atomic E-state index is 12.8. The van der Waals surface area contributed by atoms with Gasteiger partial charge < -0.3 is 14.5 Å². The first-order valence-corrected chi connectivity index (χ1v) is 8.98. The van der Waals surface area contributed by atoms with E-state index in [0.717, 1.165) is 22.2 Å². The fraction of sp³-hybridized carbons (Fsp3) is 0.130. The van der Waals surface area contributed by atoms with Crippen molar-refractivity contribution >= 4 is 22.7 Å². The molecule has 1 heterocycles. The number of rotatable bonds is 4. The SMILES string of the molecule is COc1ccc(-c2nc3ccccc3o2)cc1NC(=O)c1ccc(C)cc1C. The number of hydrogen-bond donors (Lipinski definition) is 1. The van der Waals surface area contributed by atoms with Gasteiger partial charge in [-0.3, -0.25) is 4.79 Å². The number of methoxy groups -OCH3 is 1. The molecule has 0 spiro atoms. The number of aryl methyl sites for hydroxylation is 2. The van der Waals surface area contributed by atoms with E-state index in [9.17, 15) is 4.79 Å². The van der Waals surface area contributed by atoms with Crippen LogP contribution in [-0.2, 0) is 0 Å². The van der Waals surface area contributed by atoms with Crippen LogP contribution in [0.5, 0.6) is 5.75 Å². The lowest BCUT2D eigenvalue weighted by Crippen LogP contribution is -2.14. The normalized spacial score (nSPS) is 10.8. The Hall–Kier alpha value is -3.60. The molecule has 1 aromatic heterocycles.